The topological polar surface area (TPSA) is 718 Å². The molecule has 0 radical (unpaired) electrons. The molecule has 0 bridgehead atoms. The summed E-state index contributed by atoms with van der Waals surface area (Å²) >= 11 is 1.73. The molecule has 3 fully saturated rings. The Balaban J connectivity index is 0. The molecule has 3 aliphatic carbocycles. The highest BCUT2D eigenvalue weighted by atomic mass is 32.1. The maximum absolute atomic E-state index is 13.1. The summed E-state index contributed by atoms with van der Waals surface area (Å²) in [6.07, 6.45) is 51.1. The van der Waals surface area contributed by atoms with Crippen LogP contribution in [0.25, 0.3) is 0 Å². The SMILES string of the molecule is CC(C)CCc1ncn[nH]1.CCCCOc1ccncc1.Cc1ccc(Cc2ncn[nH]2)cc1.Fc1ccc(Cc2ncn[nH]2)cc1.Fc1ccccc1Cc1ncn[nH]1.O=C=O.O=C=O.O=C=O.O=C=O.O=C=O.O=C=O.O=C=O.O=C=O.O=C=O.O=C=O.c1cc(OCC2CCCC2)ccn1.c1ccc(CCc2ncn[nH]2)cc1.c1csc(Cc2ncn[nH]2)c1.c1n[nH]c(CC2CCCC2)n1.c1n[nH]c(CC2CCCCC2)n1. The molecule has 3 saturated carbocycles. The van der Waals surface area contributed by atoms with Gasteiger partial charge in [-0.25, -0.2) is 48.7 Å². The van der Waals surface area contributed by atoms with E-state index >= 15 is 0 Å². The number of nitrogens with zero attached hydrogens (tertiary/aromatic N) is 18. The van der Waals surface area contributed by atoms with Crippen molar-refractivity contribution >= 4 is 72.9 Å². The summed E-state index contributed by atoms with van der Waals surface area (Å²) in [5, 5.41) is 54.9. The van der Waals surface area contributed by atoms with E-state index in [0.29, 0.717) is 24.2 Å². The molecule has 0 unspecified atom stereocenters. The molecule has 51 heteroatoms. The van der Waals surface area contributed by atoms with Gasteiger partial charge in [0.15, 0.2) is 0 Å². The summed E-state index contributed by atoms with van der Waals surface area (Å²) in [4.78, 5) is 204. The number of H-pyrrole nitrogens is 8. The van der Waals surface area contributed by atoms with Crippen molar-refractivity contribution in [2.75, 3.05) is 13.2 Å². The van der Waals surface area contributed by atoms with Crippen molar-refractivity contribution in [1.82, 2.24) is 131 Å². The van der Waals surface area contributed by atoms with Crippen LogP contribution in [0, 0.1) is 42.2 Å². The smallest absolute Gasteiger partial charge is 0.373 e. The number of hydrogen-bond donors (Lipinski definition) is 8. The molecular weight excluding hydrogens is 1980 g/mol. The third-order valence-corrected chi connectivity index (χ3v) is 20.3. The van der Waals surface area contributed by atoms with Crippen LogP contribution in [0.15, 0.2) is 220 Å². The number of unbranched alkanes of at least 4 members (excludes halogenated alkanes) is 1. The lowest BCUT2D eigenvalue weighted by molar-refractivity contribution is -0.193. The lowest BCUT2D eigenvalue weighted by Crippen LogP contribution is -2.10. The van der Waals surface area contributed by atoms with Crippen molar-refractivity contribution in [3.8, 4) is 11.5 Å². The largest absolute Gasteiger partial charge is 0.493 e. The van der Waals surface area contributed by atoms with Crippen LogP contribution in [0.2, 0.25) is 0 Å². The van der Waals surface area contributed by atoms with Gasteiger partial charge in [-0.1, -0.05) is 194 Å². The number of pyridine rings is 2. The van der Waals surface area contributed by atoms with E-state index < -0.39 is 0 Å². The lowest BCUT2D eigenvalue weighted by atomic mass is 9.87. The van der Waals surface area contributed by atoms with Crippen molar-refractivity contribution in [2.24, 2.45) is 23.7 Å². The van der Waals surface area contributed by atoms with Crippen LogP contribution in [-0.4, -0.2) is 206 Å². The average Bonchev–Trinajstić information content (AvgIpc) is 1.72. The average molecular weight is 2090 g/mol. The first-order valence-electron chi connectivity index (χ1n) is 45.5. The van der Waals surface area contributed by atoms with Gasteiger partial charge in [0, 0.05) is 81.0 Å². The van der Waals surface area contributed by atoms with Gasteiger partial charge in [0.2, 0.25) is 0 Å². The Morgan fingerprint density at radius 3 is 1.03 bits per heavy atom. The molecule has 792 valence electrons. The molecule has 11 aromatic heterocycles. The van der Waals surface area contributed by atoms with Crippen LogP contribution >= 0.6 is 11.3 Å². The standard InChI is InChI=1S/C11H15NO.2C10H11N3.2C9H8FN3.C9H15N3.C9H13NO.C8H13N3.C7H7N3S.C7H13N3.10CO2/c1-2-4-10(3-1)9-13-11-5-7-12-8-6-11;1-8-2-4-9(5-3-8)6-10-11-7-12-13-10;1-2-4-9(5-3-1)6-7-10-11-8-12-13-10;10-8-3-1-7(2-4-8)5-9-11-6-12-13-9;10-8-4-2-1-3-7(8)5-9-11-6-12-13-9;1-2-4-8(5-3-1)6-9-10-7-11-12-9;1-2-3-8-11-9-4-6-10-7-5-9;1-2-4-7(3-1)5-8-9-6-10-11-8;1-2-6(11-3-1)4-7-8-5-9-10-7;1-6(2)3-4-7-8-5-9-10-7;10*2-1-3/h5-8,10H,1-4,9H2;2-5,7H,6H2,1H3,(H,11,12,13);1-5,8H,6-7H2,(H,11,12,13);2*1-4,6H,5H2,(H,11,12,13);7-8H,1-6H2,(H,10,11,12);4-7H,2-3,8H2,1H3;6-7H,1-5H2,(H,9,10,11);1-3,5H,4H2,(H,8,9,10);5-6H,3-4H2,1-2H3,(H,8,9,10);;;;;;;;;;. The second-order valence-corrected chi connectivity index (χ2v) is 31.3. The Kier molecular flexibility index (Phi) is 86.8. The fourth-order valence-corrected chi connectivity index (χ4v) is 13.5. The third kappa shape index (κ3) is 77.9. The number of hydrogen-bond acceptors (Lipinski definition) is 41. The normalized spacial score (nSPS) is 10.7. The van der Waals surface area contributed by atoms with Gasteiger partial charge in [-0.3, -0.25) is 50.8 Å². The highest BCUT2D eigenvalue weighted by Crippen LogP contribution is 2.28. The Morgan fingerprint density at radius 2 is 0.673 bits per heavy atom. The van der Waals surface area contributed by atoms with Crippen LogP contribution in [0.1, 0.15) is 203 Å². The number of halogens is 2. The van der Waals surface area contributed by atoms with Crippen LogP contribution < -0.4 is 9.47 Å². The molecule has 48 nitrogen and oxygen atoms in total. The zero-order valence-electron chi connectivity index (χ0n) is 82.4. The first kappa shape index (κ1) is 133. The van der Waals surface area contributed by atoms with Gasteiger partial charge in [0.1, 0.15) is 120 Å². The number of aryl methyl sites for hydroxylation is 4. The Hall–Kier alpha value is -18.7. The number of nitrogens with one attached hydrogen (secondary N) is 8. The molecule has 0 saturated heterocycles. The zero-order chi connectivity index (χ0) is 111. The second-order valence-electron chi connectivity index (χ2n) is 30.3. The molecule has 11 heterocycles. The van der Waals surface area contributed by atoms with Crippen molar-refractivity contribution in [3.05, 3.63) is 311 Å². The van der Waals surface area contributed by atoms with Gasteiger partial charge in [-0.05, 0) is 139 Å². The summed E-state index contributed by atoms with van der Waals surface area (Å²) in [5.74, 6) is 12.0. The van der Waals surface area contributed by atoms with E-state index in [4.69, 9.17) is 105 Å². The Labute approximate surface area is 862 Å². The first-order chi connectivity index (χ1) is 73.2. The van der Waals surface area contributed by atoms with Crippen LogP contribution in [0.5, 0.6) is 11.5 Å². The third-order valence-electron chi connectivity index (χ3n) is 19.4. The van der Waals surface area contributed by atoms with Gasteiger partial charge in [-0.2, -0.15) is 137 Å². The Morgan fingerprint density at radius 1 is 0.340 bits per heavy atom. The van der Waals surface area contributed by atoms with E-state index in [0.717, 1.165) is 146 Å². The number of aromatic amines is 8. The van der Waals surface area contributed by atoms with E-state index in [1.807, 2.05) is 36.4 Å². The van der Waals surface area contributed by atoms with E-state index in [-0.39, 0.29) is 73.1 Å². The van der Waals surface area contributed by atoms with Crippen LogP contribution in [0.3, 0.4) is 0 Å². The second kappa shape index (κ2) is 97.7. The highest BCUT2D eigenvalue weighted by Gasteiger charge is 2.18. The lowest BCUT2D eigenvalue weighted by Gasteiger charge is -2.19. The van der Waals surface area contributed by atoms with Crippen molar-refractivity contribution in [1.29, 1.82) is 0 Å². The molecule has 0 aliphatic heterocycles. The number of aromatic nitrogens is 26. The van der Waals surface area contributed by atoms with E-state index in [2.05, 4.69) is 219 Å². The minimum atomic E-state index is -0.221. The van der Waals surface area contributed by atoms with Gasteiger partial charge in [0.25, 0.3) is 0 Å². The number of carbonyl (C=O) groups excluding carboxylic acids is 20. The van der Waals surface area contributed by atoms with Crippen LogP contribution in [-0.2, 0) is 154 Å². The predicted molar refractivity (Wildman–Crippen MR) is 510 cm³/mol. The minimum absolute atomic E-state index is 0.209. The highest BCUT2D eigenvalue weighted by molar-refractivity contribution is 7.09. The van der Waals surface area contributed by atoms with Crippen molar-refractivity contribution < 1.29 is 114 Å². The van der Waals surface area contributed by atoms with Gasteiger partial charge >= 0.3 is 61.5 Å². The molecule has 15 aromatic rings. The fourth-order valence-electron chi connectivity index (χ4n) is 12.8. The summed E-state index contributed by atoms with van der Waals surface area (Å²) in [6, 6.07) is 43.5. The van der Waals surface area contributed by atoms with Gasteiger partial charge in [0.05, 0.1) is 13.2 Å². The maximum atomic E-state index is 13.1. The quantitative estimate of drug-likeness (QED) is 0.0246. The van der Waals surface area contributed by atoms with Crippen molar-refractivity contribution in [2.45, 2.75) is 188 Å². The predicted octanol–water partition coefficient (Wildman–Crippen LogP) is 11.8. The molecule has 0 atom stereocenters. The fraction of sp³-hybridized carbons (Fsp3) is 0.354. The molecule has 3 aliphatic rings. The molecule has 0 amide bonds. The monoisotopic (exact) mass is 2090 g/mol. The van der Waals surface area contributed by atoms with Gasteiger partial charge < -0.3 is 9.47 Å². The number of ether oxygens (including phenoxy) is 2. The van der Waals surface area contributed by atoms with Crippen molar-refractivity contribution in [3.63, 3.8) is 0 Å². The summed E-state index contributed by atoms with van der Waals surface area (Å²) in [7, 11) is 0. The maximum Gasteiger partial charge on any atom is 0.373 e. The summed E-state index contributed by atoms with van der Waals surface area (Å²) < 4.78 is 36.7. The van der Waals surface area contributed by atoms with E-state index in [1.54, 1.807) is 91.8 Å². The molecule has 150 heavy (non-hydrogen) atoms. The first-order valence-corrected chi connectivity index (χ1v) is 46.4. The molecule has 8 N–H and O–H groups in total. The van der Waals surface area contributed by atoms with Gasteiger partial charge in [-0.15, -0.1) is 11.3 Å². The molecule has 18 rings (SSSR count). The molecular formula is C99H114F2N26O22S. The van der Waals surface area contributed by atoms with Crippen LogP contribution in [0.4, 0.5) is 8.78 Å². The summed E-state index contributed by atoms with van der Waals surface area (Å²) in [6.45, 7) is 10.3. The molecule has 4 aromatic carbocycles. The zero-order valence-corrected chi connectivity index (χ0v) is 83.2. The number of benzene rings is 4. The minimum Gasteiger partial charge on any atom is -0.493 e. The molecule has 0 spiro atoms. The van der Waals surface area contributed by atoms with E-state index in [9.17, 15) is 8.78 Å². The number of rotatable bonds is 25. The Bertz CT molecular complexity index is 5640. The summed E-state index contributed by atoms with van der Waals surface area (Å²) in [5.41, 5.74) is 5.50. The van der Waals surface area contributed by atoms with E-state index in [1.165, 1.54) is 161 Å². The number of thiophene rings is 1.